The van der Waals surface area contributed by atoms with Gasteiger partial charge in [0.2, 0.25) is 5.82 Å². The Bertz CT molecular complexity index is 313. The second-order valence-electron chi connectivity index (χ2n) is 3.35. The van der Waals surface area contributed by atoms with Gasteiger partial charge in [0.15, 0.2) is 0 Å². The molecule has 0 bridgehead atoms. The summed E-state index contributed by atoms with van der Waals surface area (Å²) in [4.78, 5) is 3.96. The largest absolute Gasteiger partial charge is 0.322 e. The van der Waals surface area contributed by atoms with Crippen molar-refractivity contribution in [2.45, 2.75) is 26.3 Å². The van der Waals surface area contributed by atoms with Crippen LogP contribution < -0.4 is 0 Å². The first-order valence-electron chi connectivity index (χ1n) is 4.83. The zero-order chi connectivity index (χ0) is 10.4. The first-order chi connectivity index (χ1) is 6.81. The molecular weight excluding hydrogens is 194 g/mol. The van der Waals surface area contributed by atoms with Crippen LogP contribution in [0, 0.1) is 17.2 Å². The minimum absolute atomic E-state index is 0.493. The summed E-state index contributed by atoms with van der Waals surface area (Å²) in [5.74, 6) is 1.88. The zero-order valence-electron chi connectivity index (χ0n) is 8.35. The molecule has 0 fully saturated rings. The summed E-state index contributed by atoms with van der Waals surface area (Å²) in [7, 11) is 0. The van der Waals surface area contributed by atoms with E-state index in [0.717, 1.165) is 25.1 Å². The molecule has 1 aromatic heterocycles. The molecule has 0 aliphatic heterocycles. The number of nitrogens with zero attached hydrogens (tertiary/aromatic N) is 3. The van der Waals surface area contributed by atoms with E-state index in [-0.39, 0.29) is 0 Å². The molecule has 0 saturated carbocycles. The topological polar surface area (TPSA) is 41.6 Å². The van der Waals surface area contributed by atoms with E-state index in [9.17, 15) is 0 Å². The second-order valence-corrected chi connectivity index (χ2v) is 3.72. The highest BCUT2D eigenvalue weighted by Crippen LogP contribution is 2.12. The van der Waals surface area contributed by atoms with Crippen LogP contribution in [0.15, 0.2) is 12.4 Å². The maximum Gasteiger partial charge on any atom is 0.212 e. The van der Waals surface area contributed by atoms with Gasteiger partial charge < -0.3 is 4.57 Å². The lowest BCUT2D eigenvalue weighted by atomic mass is 10.1. The molecule has 3 nitrogen and oxygen atoms in total. The smallest absolute Gasteiger partial charge is 0.212 e. The Morgan fingerprint density at radius 2 is 2.50 bits per heavy atom. The fourth-order valence-corrected chi connectivity index (χ4v) is 1.79. The van der Waals surface area contributed by atoms with Crippen molar-refractivity contribution >= 4 is 12.6 Å². The Kier molecular flexibility index (Phi) is 4.54. The minimum Gasteiger partial charge on any atom is -0.322 e. The van der Waals surface area contributed by atoms with Gasteiger partial charge in [0.05, 0.1) is 0 Å². The van der Waals surface area contributed by atoms with Gasteiger partial charge in [-0.1, -0.05) is 13.3 Å². The standard InChI is InChI=1S/C10H15N3S/c1-2-3-9(8-14)7-13-5-4-12-10(13)6-11/h4-5,9,14H,2-3,7-8H2,1H3. The van der Waals surface area contributed by atoms with E-state index in [2.05, 4.69) is 30.6 Å². The number of nitriles is 1. The number of hydrogen-bond acceptors (Lipinski definition) is 3. The molecule has 0 aromatic carbocycles. The number of rotatable bonds is 5. The molecule has 0 amide bonds. The number of imidazole rings is 1. The zero-order valence-corrected chi connectivity index (χ0v) is 9.24. The lowest BCUT2D eigenvalue weighted by Crippen LogP contribution is -2.13. The Labute approximate surface area is 90.2 Å². The molecule has 1 rings (SSSR count). The van der Waals surface area contributed by atoms with E-state index >= 15 is 0 Å². The average molecular weight is 209 g/mol. The van der Waals surface area contributed by atoms with Crippen molar-refractivity contribution in [3.8, 4) is 6.07 Å². The molecule has 0 N–H and O–H groups in total. The van der Waals surface area contributed by atoms with Gasteiger partial charge in [-0.3, -0.25) is 0 Å². The Morgan fingerprint density at radius 3 is 3.07 bits per heavy atom. The van der Waals surface area contributed by atoms with E-state index < -0.39 is 0 Å². The summed E-state index contributed by atoms with van der Waals surface area (Å²) in [6.45, 7) is 3.01. The molecule has 0 aliphatic carbocycles. The van der Waals surface area contributed by atoms with E-state index in [1.807, 2.05) is 10.8 Å². The van der Waals surface area contributed by atoms with Gasteiger partial charge in [0, 0.05) is 18.9 Å². The summed E-state index contributed by atoms with van der Waals surface area (Å²) in [5, 5.41) is 8.77. The highest BCUT2D eigenvalue weighted by Gasteiger charge is 2.09. The quantitative estimate of drug-likeness (QED) is 0.755. The van der Waals surface area contributed by atoms with Crippen molar-refractivity contribution in [1.29, 1.82) is 5.26 Å². The van der Waals surface area contributed by atoms with Gasteiger partial charge in [0.25, 0.3) is 0 Å². The van der Waals surface area contributed by atoms with Crippen molar-refractivity contribution in [2.24, 2.45) is 5.92 Å². The van der Waals surface area contributed by atoms with E-state index in [1.165, 1.54) is 0 Å². The molecule has 1 aromatic rings. The molecule has 4 heteroatoms. The van der Waals surface area contributed by atoms with Crippen LogP contribution in [-0.2, 0) is 6.54 Å². The lowest BCUT2D eigenvalue weighted by molar-refractivity contribution is 0.451. The predicted molar refractivity (Wildman–Crippen MR) is 59.2 cm³/mol. The first-order valence-corrected chi connectivity index (χ1v) is 5.47. The number of hydrogen-bond donors (Lipinski definition) is 1. The van der Waals surface area contributed by atoms with Gasteiger partial charge in [-0.15, -0.1) is 0 Å². The molecule has 76 valence electrons. The van der Waals surface area contributed by atoms with Crippen LogP contribution in [0.3, 0.4) is 0 Å². The molecule has 1 unspecified atom stereocenters. The fraction of sp³-hybridized carbons (Fsp3) is 0.600. The van der Waals surface area contributed by atoms with Crippen LogP contribution in [0.5, 0.6) is 0 Å². The summed E-state index contributed by atoms with van der Waals surface area (Å²) in [6, 6.07) is 2.07. The Hall–Kier alpha value is -0.950. The SMILES string of the molecule is CCCC(CS)Cn1ccnc1C#N. The van der Waals surface area contributed by atoms with Crippen molar-refractivity contribution in [1.82, 2.24) is 9.55 Å². The van der Waals surface area contributed by atoms with Crippen LogP contribution in [-0.4, -0.2) is 15.3 Å². The molecule has 0 spiro atoms. The molecule has 1 atom stereocenters. The lowest BCUT2D eigenvalue weighted by Gasteiger charge is -2.14. The number of thiol groups is 1. The summed E-state index contributed by atoms with van der Waals surface area (Å²) >= 11 is 4.31. The van der Waals surface area contributed by atoms with Gasteiger partial charge in [-0.2, -0.15) is 17.9 Å². The molecule has 0 saturated heterocycles. The third-order valence-electron chi connectivity index (χ3n) is 2.23. The Balaban J connectivity index is 2.62. The summed E-state index contributed by atoms with van der Waals surface area (Å²) in [6.07, 6.45) is 5.82. The van der Waals surface area contributed by atoms with E-state index in [0.29, 0.717) is 11.7 Å². The predicted octanol–water partition coefficient (Wildman–Crippen LogP) is 2.10. The summed E-state index contributed by atoms with van der Waals surface area (Å²) in [5.41, 5.74) is 0. The van der Waals surface area contributed by atoms with Crippen LogP contribution in [0.2, 0.25) is 0 Å². The fourth-order valence-electron chi connectivity index (χ4n) is 1.50. The average Bonchev–Trinajstić information content (AvgIpc) is 2.64. The van der Waals surface area contributed by atoms with Crippen molar-refractivity contribution in [2.75, 3.05) is 5.75 Å². The molecule has 1 heterocycles. The van der Waals surface area contributed by atoms with Crippen LogP contribution in [0.1, 0.15) is 25.6 Å². The highest BCUT2D eigenvalue weighted by molar-refractivity contribution is 7.80. The molecule has 0 radical (unpaired) electrons. The normalized spacial score (nSPS) is 12.4. The van der Waals surface area contributed by atoms with E-state index in [1.54, 1.807) is 6.20 Å². The van der Waals surface area contributed by atoms with Gasteiger partial charge in [0.1, 0.15) is 6.07 Å². The van der Waals surface area contributed by atoms with Crippen LogP contribution in [0.4, 0.5) is 0 Å². The third-order valence-corrected chi connectivity index (χ3v) is 2.74. The van der Waals surface area contributed by atoms with E-state index in [4.69, 9.17) is 5.26 Å². The monoisotopic (exact) mass is 209 g/mol. The van der Waals surface area contributed by atoms with Crippen molar-refractivity contribution in [3.63, 3.8) is 0 Å². The molecule has 0 aliphatic rings. The highest BCUT2D eigenvalue weighted by atomic mass is 32.1. The first kappa shape index (κ1) is 11.1. The van der Waals surface area contributed by atoms with Crippen molar-refractivity contribution in [3.05, 3.63) is 18.2 Å². The number of aromatic nitrogens is 2. The second kappa shape index (κ2) is 5.71. The maximum atomic E-state index is 8.77. The van der Waals surface area contributed by atoms with Gasteiger partial charge in [-0.05, 0) is 18.1 Å². The van der Waals surface area contributed by atoms with Gasteiger partial charge >= 0.3 is 0 Å². The Morgan fingerprint density at radius 1 is 1.71 bits per heavy atom. The van der Waals surface area contributed by atoms with Crippen LogP contribution >= 0.6 is 12.6 Å². The van der Waals surface area contributed by atoms with Crippen molar-refractivity contribution < 1.29 is 0 Å². The minimum atomic E-state index is 0.493. The van der Waals surface area contributed by atoms with Gasteiger partial charge in [-0.25, -0.2) is 4.98 Å². The van der Waals surface area contributed by atoms with Crippen LogP contribution in [0.25, 0.3) is 0 Å². The third kappa shape index (κ3) is 2.78. The maximum absolute atomic E-state index is 8.77. The molecular formula is C10H15N3S. The molecule has 14 heavy (non-hydrogen) atoms. The summed E-state index contributed by atoms with van der Waals surface area (Å²) < 4.78 is 1.90.